The number of nitrogens with zero attached hydrogens (tertiary/aromatic N) is 5. The van der Waals surface area contributed by atoms with E-state index in [0.717, 1.165) is 0 Å². The second kappa shape index (κ2) is 8.29. The first-order valence-electron chi connectivity index (χ1n) is 9.47. The van der Waals surface area contributed by atoms with Crippen molar-refractivity contribution < 1.29 is 22.9 Å². The third-order valence-corrected chi connectivity index (χ3v) is 3.80. The second-order valence-corrected chi connectivity index (χ2v) is 5.75. The van der Waals surface area contributed by atoms with Gasteiger partial charge in [-0.2, -0.15) is 0 Å². The van der Waals surface area contributed by atoms with E-state index in [1.54, 1.807) is 11.0 Å². The van der Waals surface area contributed by atoms with E-state index < -0.39 is 24.9 Å². The van der Waals surface area contributed by atoms with Crippen LogP contribution in [0.3, 0.4) is 0 Å². The van der Waals surface area contributed by atoms with Gasteiger partial charge in [-0.25, -0.2) is 19.2 Å². The lowest BCUT2D eigenvalue weighted by molar-refractivity contribution is 0.149. The summed E-state index contributed by atoms with van der Waals surface area (Å²) < 4.78 is 40.5. The molecule has 1 fully saturated rings. The number of aromatic nitrogens is 2. The number of nitrogens with two attached hydrogens (primary N) is 2. The first kappa shape index (κ1) is 15.3. The van der Waals surface area contributed by atoms with Gasteiger partial charge in [-0.1, -0.05) is 23.4 Å². The maximum atomic E-state index is 14.8. The van der Waals surface area contributed by atoms with Crippen LogP contribution in [0, 0.1) is 5.82 Å². The Morgan fingerprint density at radius 1 is 1.36 bits per heavy atom. The number of anilines is 1. The van der Waals surface area contributed by atoms with Gasteiger partial charge in [-0.15, -0.1) is 4.99 Å². The van der Waals surface area contributed by atoms with E-state index >= 15 is 0 Å². The first-order valence-corrected chi connectivity index (χ1v) is 7.97. The third-order valence-electron chi connectivity index (χ3n) is 3.80. The van der Waals surface area contributed by atoms with Gasteiger partial charge in [0.1, 0.15) is 19.5 Å². The normalized spacial score (nSPS) is 14.8. The van der Waals surface area contributed by atoms with Gasteiger partial charge in [0.2, 0.25) is 5.95 Å². The molecule has 2 aromatic rings. The van der Waals surface area contributed by atoms with Crippen LogP contribution in [0.5, 0.6) is 0 Å². The minimum absolute atomic E-state index is 0.124. The number of hydrogen-bond acceptors (Lipinski definition) is 7. The molecule has 1 aromatic carbocycles. The fourth-order valence-corrected chi connectivity index (χ4v) is 2.47. The van der Waals surface area contributed by atoms with E-state index in [9.17, 15) is 9.18 Å². The van der Waals surface area contributed by atoms with Crippen LogP contribution in [0.2, 0.25) is 0 Å². The van der Waals surface area contributed by atoms with Crippen LogP contribution in [-0.2, 0) is 16.2 Å². The molecule has 1 amide bonds. The Morgan fingerprint density at radius 2 is 2.11 bits per heavy atom. The van der Waals surface area contributed by atoms with E-state index in [0.29, 0.717) is 30.3 Å². The predicted octanol–water partition coefficient (Wildman–Crippen LogP) is 1.02. The van der Waals surface area contributed by atoms with Crippen molar-refractivity contribution in [1.82, 2.24) is 9.97 Å². The van der Waals surface area contributed by atoms with E-state index in [2.05, 4.69) is 25.0 Å². The van der Waals surface area contributed by atoms with E-state index in [1.165, 1.54) is 24.5 Å². The average Bonchev–Trinajstić information content (AvgIpc) is 2.65. The van der Waals surface area contributed by atoms with Crippen molar-refractivity contribution in [1.29, 1.82) is 0 Å². The maximum Gasteiger partial charge on any atom is 0.437 e. The minimum atomic E-state index is -2.59. The summed E-state index contributed by atoms with van der Waals surface area (Å²) in [5.41, 5.74) is 11.5. The average molecular weight is 390 g/mol. The molecule has 0 bridgehead atoms. The van der Waals surface area contributed by atoms with Crippen molar-refractivity contribution in [2.45, 2.75) is 6.61 Å². The fraction of sp³-hybridized carbons (Fsp3) is 0.235. The molecule has 146 valence electrons. The highest BCUT2D eigenvalue weighted by Crippen LogP contribution is 2.26. The number of ether oxygens (including phenoxy) is 1. The SMILES string of the molecule is [2H]C([2H])([2H])ON=C1CN(c2ncc(-c3cccc(COC(=O)N=C(N)N)c3F)cn2)C1. The van der Waals surface area contributed by atoms with Crippen molar-refractivity contribution in [2.75, 3.05) is 25.0 Å². The Balaban J connectivity index is 1.65. The molecule has 0 aliphatic carbocycles. The van der Waals surface area contributed by atoms with Gasteiger partial charge in [-0.05, 0) is 0 Å². The summed E-state index contributed by atoms with van der Waals surface area (Å²) in [6.07, 6.45) is 1.87. The summed E-state index contributed by atoms with van der Waals surface area (Å²) in [5.74, 6) is -0.683. The summed E-state index contributed by atoms with van der Waals surface area (Å²) in [6, 6.07) is 4.59. The molecule has 28 heavy (non-hydrogen) atoms. The first-order chi connectivity index (χ1) is 14.6. The van der Waals surface area contributed by atoms with Gasteiger partial charge in [0.15, 0.2) is 5.96 Å². The molecule has 0 spiro atoms. The number of guanidine groups is 1. The molecule has 0 saturated carbocycles. The Kier molecular flexibility index (Phi) is 4.53. The number of halogens is 1. The Hall–Kier alpha value is -3.76. The third kappa shape index (κ3) is 4.31. The summed E-state index contributed by atoms with van der Waals surface area (Å²) in [4.78, 5) is 29.1. The lowest BCUT2D eigenvalue weighted by Crippen LogP contribution is -2.48. The number of carbonyl (C=O) groups is 1. The predicted molar refractivity (Wildman–Crippen MR) is 100 cm³/mol. The van der Waals surface area contributed by atoms with E-state index in [4.69, 9.17) is 20.3 Å². The van der Waals surface area contributed by atoms with E-state index in [1.807, 2.05) is 0 Å². The van der Waals surface area contributed by atoms with Gasteiger partial charge >= 0.3 is 6.09 Å². The highest BCUT2D eigenvalue weighted by Gasteiger charge is 2.25. The zero-order valence-corrected chi connectivity index (χ0v) is 14.5. The van der Waals surface area contributed by atoms with Crippen molar-refractivity contribution >= 4 is 23.7 Å². The van der Waals surface area contributed by atoms with Crippen LogP contribution in [0.25, 0.3) is 11.1 Å². The number of benzene rings is 1. The standard InChI is InChI=1S/C17H18FN7O3/c1-27-24-12-7-25(8-12)16-21-5-11(6-22-16)13-4-2-3-10(14(13)18)9-28-17(26)23-15(19)20/h2-6H,7-9H2,1H3,(H4,19,20,23,26)/i1D3. The van der Waals surface area contributed by atoms with Crippen LogP contribution >= 0.6 is 0 Å². The molecule has 11 heteroatoms. The number of amides is 1. The molecule has 1 aliphatic rings. The molecule has 1 saturated heterocycles. The molecule has 10 nitrogen and oxygen atoms in total. The van der Waals surface area contributed by atoms with Gasteiger partial charge in [0.25, 0.3) is 0 Å². The highest BCUT2D eigenvalue weighted by molar-refractivity contribution is 5.98. The number of aliphatic imine (C=N–C) groups is 1. The minimum Gasteiger partial charge on any atom is -0.443 e. The van der Waals surface area contributed by atoms with Crippen molar-refractivity contribution in [3.63, 3.8) is 0 Å². The molecule has 0 radical (unpaired) electrons. The molecule has 3 rings (SSSR count). The van der Waals surface area contributed by atoms with Crippen LogP contribution in [0.4, 0.5) is 15.1 Å². The largest absolute Gasteiger partial charge is 0.443 e. The Labute approximate surface area is 163 Å². The van der Waals surface area contributed by atoms with Crippen LogP contribution in [0.1, 0.15) is 9.68 Å². The van der Waals surface area contributed by atoms with Gasteiger partial charge < -0.3 is 25.9 Å². The molecule has 0 atom stereocenters. The molecule has 2 heterocycles. The maximum absolute atomic E-state index is 14.8. The van der Waals surface area contributed by atoms with Crippen LogP contribution < -0.4 is 16.4 Å². The molecule has 0 unspecified atom stereocenters. The molecule has 1 aromatic heterocycles. The van der Waals surface area contributed by atoms with Crippen LogP contribution in [-0.4, -0.2) is 47.9 Å². The zero-order chi connectivity index (χ0) is 22.6. The summed E-state index contributed by atoms with van der Waals surface area (Å²) >= 11 is 0. The van der Waals surface area contributed by atoms with Gasteiger partial charge in [0, 0.05) is 29.1 Å². The quantitative estimate of drug-likeness (QED) is 0.438. The van der Waals surface area contributed by atoms with Crippen molar-refractivity contribution in [3.8, 4) is 11.1 Å². The molecule has 4 N–H and O–H groups in total. The topological polar surface area (TPSA) is 141 Å². The number of carbonyl (C=O) groups excluding carboxylic acids is 1. The number of oxime groups is 1. The van der Waals surface area contributed by atoms with Gasteiger partial charge in [-0.3, -0.25) is 0 Å². The second-order valence-electron chi connectivity index (χ2n) is 5.75. The summed E-state index contributed by atoms with van der Waals surface area (Å²) in [7, 11) is -2.59. The Morgan fingerprint density at radius 3 is 2.79 bits per heavy atom. The summed E-state index contributed by atoms with van der Waals surface area (Å²) in [5, 5.41) is 3.56. The smallest absolute Gasteiger partial charge is 0.437 e. The Bertz CT molecular complexity index is 1020. The van der Waals surface area contributed by atoms with Gasteiger partial charge in [0.05, 0.1) is 22.9 Å². The van der Waals surface area contributed by atoms with Crippen molar-refractivity contribution in [2.24, 2.45) is 21.6 Å². The summed E-state index contributed by atoms with van der Waals surface area (Å²) in [6.45, 7) is 0.281. The molecule has 1 aliphatic heterocycles. The number of hydrogen-bond donors (Lipinski definition) is 2. The number of rotatable bonds is 5. The zero-order valence-electron chi connectivity index (χ0n) is 17.5. The monoisotopic (exact) mass is 390 g/mol. The van der Waals surface area contributed by atoms with Crippen LogP contribution in [0.15, 0.2) is 40.7 Å². The van der Waals surface area contributed by atoms with Crippen molar-refractivity contribution in [3.05, 3.63) is 42.0 Å². The molecular weight excluding hydrogens is 369 g/mol. The lowest BCUT2D eigenvalue weighted by Gasteiger charge is -2.31. The van der Waals surface area contributed by atoms with E-state index in [-0.39, 0.29) is 17.7 Å². The fourth-order valence-electron chi connectivity index (χ4n) is 2.47. The lowest BCUT2D eigenvalue weighted by atomic mass is 10.1. The highest BCUT2D eigenvalue weighted by atomic mass is 19.1. The molecular formula is C17H18FN7O3.